The van der Waals surface area contributed by atoms with Gasteiger partial charge in [-0.15, -0.1) is 0 Å². The van der Waals surface area contributed by atoms with E-state index in [1.54, 1.807) is 24.3 Å². The van der Waals surface area contributed by atoms with Crippen molar-refractivity contribution >= 4 is 16.7 Å². The van der Waals surface area contributed by atoms with Crippen molar-refractivity contribution < 1.29 is 9.21 Å². The van der Waals surface area contributed by atoms with E-state index < -0.39 is 0 Å². The van der Waals surface area contributed by atoms with Crippen molar-refractivity contribution in [2.24, 2.45) is 0 Å². The summed E-state index contributed by atoms with van der Waals surface area (Å²) in [7, 11) is 0. The van der Waals surface area contributed by atoms with Gasteiger partial charge in [0, 0.05) is 10.9 Å². The average molecular weight is 401 g/mol. The van der Waals surface area contributed by atoms with Gasteiger partial charge in [0.1, 0.15) is 11.5 Å². The zero-order valence-corrected chi connectivity index (χ0v) is 17.2. The summed E-state index contributed by atoms with van der Waals surface area (Å²) in [4.78, 5) is 26.1. The molecule has 2 aromatic carbocycles. The number of aromatic nitrogens is 2. The first kappa shape index (κ1) is 19.6. The predicted octanol–water partition coefficient (Wildman–Crippen LogP) is 4.15. The number of rotatable bonds is 5. The monoisotopic (exact) mass is 401 g/mol. The van der Waals surface area contributed by atoms with Crippen molar-refractivity contribution in [3.63, 3.8) is 0 Å². The number of aryl methyl sites for hydroxylation is 2. The van der Waals surface area contributed by atoms with E-state index in [0.29, 0.717) is 17.3 Å². The second kappa shape index (κ2) is 7.99. The molecule has 0 spiro atoms. The normalized spacial score (nSPS) is 12.1. The lowest BCUT2D eigenvalue weighted by Crippen LogP contribution is -2.32. The van der Waals surface area contributed by atoms with Crippen LogP contribution in [0.1, 0.15) is 46.1 Å². The Labute approximate surface area is 174 Å². The van der Waals surface area contributed by atoms with Gasteiger partial charge in [-0.1, -0.05) is 48.5 Å². The fraction of sp³-hybridized carbons (Fsp3) is 0.208. The van der Waals surface area contributed by atoms with Gasteiger partial charge in [-0.25, -0.2) is 4.68 Å². The van der Waals surface area contributed by atoms with Crippen LogP contribution in [0.15, 0.2) is 69.9 Å². The van der Waals surface area contributed by atoms with Gasteiger partial charge in [-0.2, -0.15) is 5.10 Å². The Hall–Kier alpha value is -3.67. The molecule has 0 saturated heterocycles. The van der Waals surface area contributed by atoms with Crippen LogP contribution < -0.4 is 10.9 Å². The molecule has 1 unspecified atom stereocenters. The first-order valence-corrected chi connectivity index (χ1v) is 9.85. The maximum absolute atomic E-state index is 13.2. The standard InChI is InChI=1S/C24H23N3O3/c1-15-13-21(17(3)30-15)16(2)25-23(28)22-19-11-7-8-12-20(19)24(29)27(26-22)14-18-9-5-4-6-10-18/h4-13,16H,14H2,1-3H3,(H,25,28). The van der Waals surface area contributed by atoms with Crippen LogP contribution in [0.3, 0.4) is 0 Å². The zero-order valence-electron chi connectivity index (χ0n) is 17.2. The Morgan fingerprint density at radius 2 is 1.73 bits per heavy atom. The molecule has 0 bridgehead atoms. The highest BCUT2D eigenvalue weighted by atomic mass is 16.3. The molecule has 4 aromatic rings. The highest BCUT2D eigenvalue weighted by Crippen LogP contribution is 2.22. The van der Waals surface area contributed by atoms with Gasteiger partial charge in [0.2, 0.25) is 0 Å². The Kier molecular flexibility index (Phi) is 5.23. The number of hydrogen-bond acceptors (Lipinski definition) is 4. The molecule has 6 heteroatoms. The number of benzene rings is 2. The van der Waals surface area contributed by atoms with Crippen LogP contribution in [-0.4, -0.2) is 15.7 Å². The Morgan fingerprint density at radius 1 is 1.07 bits per heavy atom. The highest BCUT2D eigenvalue weighted by molar-refractivity contribution is 6.04. The molecule has 1 amide bonds. The van der Waals surface area contributed by atoms with Crippen LogP contribution in [0, 0.1) is 13.8 Å². The molecule has 0 aliphatic rings. The molecule has 152 valence electrons. The van der Waals surface area contributed by atoms with E-state index in [-0.39, 0.29) is 23.2 Å². The summed E-state index contributed by atoms with van der Waals surface area (Å²) in [6.07, 6.45) is 0. The fourth-order valence-electron chi connectivity index (χ4n) is 3.69. The van der Waals surface area contributed by atoms with E-state index in [4.69, 9.17) is 4.42 Å². The third kappa shape index (κ3) is 3.76. The molecular weight excluding hydrogens is 378 g/mol. The van der Waals surface area contributed by atoms with Crippen LogP contribution in [0.5, 0.6) is 0 Å². The van der Waals surface area contributed by atoms with Gasteiger partial charge in [0.05, 0.1) is 18.0 Å². The summed E-state index contributed by atoms with van der Waals surface area (Å²) < 4.78 is 6.93. The van der Waals surface area contributed by atoms with Crippen molar-refractivity contribution in [1.82, 2.24) is 15.1 Å². The molecule has 0 aliphatic heterocycles. The minimum Gasteiger partial charge on any atom is -0.466 e. The molecule has 0 aliphatic carbocycles. The van der Waals surface area contributed by atoms with Crippen molar-refractivity contribution in [1.29, 1.82) is 0 Å². The fourth-order valence-corrected chi connectivity index (χ4v) is 3.69. The maximum atomic E-state index is 13.2. The molecule has 0 radical (unpaired) electrons. The largest absolute Gasteiger partial charge is 0.466 e. The van der Waals surface area contributed by atoms with E-state index >= 15 is 0 Å². The lowest BCUT2D eigenvalue weighted by atomic mass is 10.1. The maximum Gasteiger partial charge on any atom is 0.274 e. The van der Waals surface area contributed by atoms with E-state index in [0.717, 1.165) is 22.6 Å². The van der Waals surface area contributed by atoms with Crippen LogP contribution in [0.4, 0.5) is 0 Å². The van der Waals surface area contributed by atoms with E-state index in [1.165, 1.54) is 4.68 Å². The van der Waals surface area contributed by atoms with Gasteiger partial charge in [-0.3, -0.25) is 9.59 Å². The number of furan rings is 1. The summed E-state index contributed by atoms with van der Waals surface area (Å²) >= 11 is 0. The van der Waals surface area contributed by atoms with Crippen LogP contribution >= 0.6 is 0 Å². The number of nitrogens with zero attached hydrogens (tertiary/aromatic N) is 2. The van der Waals surface area contributed by atoms with Crippen molar-refractivity contribution in [3.8, 4) is 0 Å². The minimum atomic E-state index is -0.334. The summed E-state index contributed by atoms with van der Waals surface area (Å²) in [6.45, 7) is 5.94. The highest BCUT2D eigenvalue weighted by Gasteiger charge is 2.20. The van der Waals surface area contributed by atoms with Crippen LogP contribution in [-0.2, 0) is 6.54 Å². The molecule has 1 atom stereocenters. The second-order valence-electron chi connectivity index (χ2n) is 7.41. The average Bonchev–Trinajstić information content (AvgIpc) is 3.09. The number of carbonyl (C=O) groups excluding carboxylic acids is 1. The topological polar surface area (TPSA) is 77.1 Å². The van der Waals surface area contributed by atoms with Gasteiger partial charge in [-0.05, 0) is 38.5 Å². The van der Waals surface area contributed by atoms with Crippen molar-refractivity contribution in [2.45, 2.75) is 33.4 Å². The predicted molar refractivity (Wildman–Crippen MR) is 116 cm³/mol. The summed E-state index contributed by atoms with van der Waals surface area (Å²) in [5.41, 5.74) is 1.86. The number of hydrogen-bond donors (Lipinski definition) is 1. The van der Waals surface area contributed by atoms with E-state index in [2.05, 4.69) is 10.4 Å². The minimum absolute atomic E-state index is 0.222. The molecule has 6 nitrogen and oxygen atoms in total. The molecule has 2 aromatic heterocycles. The summed E-state index contributed by atoms with van der Waals surface area (Å²) in [5.74, 6) is 1.23. The quantitative estimate of drug-likeness (QED) is 0.545. The summed E-state index contributed by atoms with van der Waals surface area (Å²) in [5, 5.41) is 8.44. The summed E-state index contributed by atoms with van der Waals surface area (Å²) in [6, 6.07) is 18.3. The van der Waals surface area contributed by atoms with Gasteiger partial charge in [0.25, 0.3) is 11.5 Å². The van der Waals surface area contributed by atoms with Gasteiger partial charge >= 0.3 is 0 Å². The number of fused-ring (bicyclic) bond motifs is 1. The van der Waals surface area contributed by atoms with Crippen LogP contribution in [0.25, 0.3) is 10.8 Å². The second-order valence-corrected chi connectivity index (χ2v) is 7.41. The smallest absolute Gasteiger partial charge is 0.274 e. The SMILES string of the molecule is Cc1cc(C(C)NC(=O)c2nn(Cc3ccccc3)c(=O)c3ccccc23)c(C)o1. The molecule has 1 N–H and O–H groups in total. The van der Waals surface area contributed by atoms with Crippen molar-refractivity contribution in [3.05, 3.63) is 99.4 Å². The van der Waals surface area contributed by atoms with Gasteiger partial charge < -0.3 is 9.73 Å². The van der Waals surface area contributed by atoms with Crippen LogP contribution in [0.2, 0.25) is 0 Å². The number of nitrogens with one attached hydrogen (secondary N) is 1. The molecular formula is C24H23N3O3. The van der Waals surface area contributed by atoms with Crippen molar-refractivity contribution in [2.75, 3.05) is 0 Å². The third-order valence-corrected chi connectivity index (χ3v) is 5.15. The molecule has 2 heterocycles. The first-order valence-electron chi connectivity index (χ1n) is 9.85. The Balaban J connectivity index is 1.73. The third-order valence-electron chi connectivity index (χ3n) is 5.15. The lowest BCUT2D eigenvalue weighted by molar-refractivity contribution is 0.0934. The molecule has 0 saturated carbocycles. The molecule has 30 heavy (non-hydrogen) atoms. The Bertz CT molecular complexity index is 1270. The molecule has 0 fully saturated rings. The zero-order chi connectivity index (χ0) is 21.3. The molecule has 4 rings (SSSR count). The first-order chi connectivity index (χ1) is 14.4. The van der Waals surface area contributed by atoms with Gasteiger partial charge in [0.15, 0.2) is 5.69 Å². The Morgan fingerprint density at radius 3 is 2.40 bits per heavy atom. The lowest BCUT2D eigenvalue weighted by Gasteiger charge is -2.15. The van der Waals surface area contributed by atoms with E-state index in [9.17, 15) is 9.59 Å². The number of amides is 1. The number of carbonyl (C=O) groups is 1. The van der Waals surface area contributed by atoms with E-state index in [1.807, 2.05) is 57.2 Å².